The van der Waals surface area contributed by atoms with Crippen molar-refractivity contribution in [3.8, 4) is 0 Å². The molecule has 0 N–H and O–H groups in total. The summed E-state index contributed by atoms with van der Waals surface area (Å²) in [6.45, 7) is 8.23. The molecule has 0 aliphatic carbocycles. The van der Waals surface area contributed by atoms with Crippen LogP contribution in [-0.2, 0) is 6.54 Å². The van der Waals surface area contributed by atoms with Gasteiger partial charge in [0.25, 0.3) is 0 Å². The van der Waals surface area contributed by atoms with Gasteiger partial charge in [-0.1, -0.05) is 18.2 Å². The molecule has 1 aliphatic heterocycles. The summed E-state index contributed by atoms with van der Waals surface area (Å²) in [5.74, 6) is 0.705. The molecule has 28 heavy (non-hydrogen) atoms. The minimum absolute atomic E-state index is 0.134. The molecule has 8 heteroatoms. The quantitative estimate of drug-likeness (QED) is 0.531. The molecule has 0 amide bonds. The number of benzene rings is 1. The minimum atomic E-state index is -0.134. The lowest BCUT2D eigenvalue weighted by Crippen LogP contribution is -2.47. The Hall–Kier alpha value is -2.58. The molecule has 1 fully saturated rings. The SMILES string of the molecule is Cc1sc2nc(N3CCN(Cc4ccccc4F)CC3)n3ncnc3c2c1C. The van der Waals surface area contributed by atoms with Crippen LogP contribution >= 0.6 is 11.3 Å². The number of nitrogens with zero attached hydrogens (tertiary/aromatic N) is 6. The fourth-order valence-corrected chi connectivity index (χ4v) is 4.84. The Morgan fingerprint density at radius 2 is 1.89 bits per heavy atom. The van der Waals surface area contributed by atoms with Crippen LogP contribution in [0.3, 0.4) is 0 Å². The van der Waals surface area contributed by atoms with E-state index >= 15 is 0 Å². The first kappa shape index (κ1) is 17.5. The number of aryl methyl sites for hydroxylation is 2. The topological polar surface area (TPSA) is 49.6 Å². The Kier molecular flexibility index (Phi) is 4.25. The van der Waals surface area contributed by atoms with E-state index in [1.165, 1.54) is 16.5 Å². The fraction of sp³-hybridized carbons (Fsp3) is 0.350. The van der Waals surface area contributed by atoms with E-state index in [0.717, 1.165) is 53.6 Å². The van der Waals surface area contributed by atoms with Crippen molar-refractivity contribution < 1.29 is 4.39 Å². The van der Waals surface area contributed by atoms with Crippen molar-refractivity contribution in [2.24, 2.45) is 0 Å². The smallest absolute Gasteiger partial charge is 0.230 e. The van der Waals surface area contributed by atoms with Gasteiger partial charge in [-0.05, 0) is 25.5 Å². The maximum Gasteiger partial charge on any atom is 0.230 e. The summed E-state index contributed by atoms with van der Waals surface area (Å²) < 4.78 is 15.8. The summed E-state index contributed by atoms with van der Waals surface area (Å²) in [6, 6.07) is 7.00. The molecule has 3 aromatic heterocycles. The van der Waals surface area contributed by atoms with Crippen LogP contribution in [0.4, 0.5) is 10.3 Å². The second-order valence-electron chi connectivity index (χ2n) is 7.23. The van der Waals surface area contributed by atoms with Crippen molar-refractivity contribution in [1.29, 1.82) is 0 Å². The van der Waals surface area contributed by atoms with E-state index in [1.54, 1.807) is 23.7 Å². The molecule has 1 aliphatic rings. The highest BCUT2D eigenvalue weighted by Crippen LogP contribution is 2.33. The number of piperazine rings is 1. The Morgan fingerprint density at radius 3 is 2.68 bits per heavy atom. The molecule has 1 saturated heterocycles. The zero-order chi connectivity index (χ0) is 19.3. The second kappa shape index (κ2) is 6.79. The molecule has 0 bridgehead atoms. The molecule has 0 atom stereocenters. The number of fused-ring (bicyclic) bond motifs is 3. The van der Waals surface area contributed by atoms with Crippen molar-refractivity contribution in [3.63, 3.8) is 0 Å². The van der Waals surface area contributed by atoms with Crippen LogP contribution in [0.5, 0.6) is 0 Å². The van der Waals surface area contributed by atoms with Crippen LogP contribution in [0.2, 0.25) is 0 Å². The molecule has 1 aromatic carbocycles. The Labute approximate surface area is 166 Å². The van der Waals surface area contributed by atoms with Crippen LogP contribution in [-0.4, -0.2) is 50.7 Å². The second-order valence-corrected chi connectivity index (χ2v) is 8.43. The van der Waals surface area contributed by atoms with Crippen LogP contribution in [0.15, 0.2) is 30.6 Å². The van der Waals surface area contributed by atoms with Gasteiger partial charge >= 0.3 is 0 Å². The van der Waals surface area contributed by atoms with Gasteiger partial charge in [0.15, 0.2) is 5.65 Å². The maximum absolute atomic E-state index is 13.9. The number of thiophene rings is 1. The number of halogens is 1. The summed E-state index contributed by atoms with van der Waals surface area (Å²) in [5, 5.41) is 5.53. The number of anilines is 1. The highest BCUT2D eigenvalue weighted by atomic mass is 32.1. The van der Waals surface area contributed by atoms with Gasteiger partial charge in [-0.25, -0.2) is 14.4 Å². The van der Waals surface area contributed by atoms with Crippen molar-refractivity contribution in [2.75, 3.05) is 31.1 Å². The van der Waals surface area contributed by atoms with E-state index in [1.807, 2.05) is 16.6 Å². The number of aromatic nitrogens is 4. The van der Waals surface area contributed by atoms with Crippen molar-refractivity contribution in [2.45, 2.75) is 20.4 Å². The van der Waals surface area contributed by atoms with Crippen LogP contribution < -0.4 is 4.90 Å². The first-order chi connectivity index (χ1) is 13.6. The van der Waals surface area contributed by atoms with Gasteiger partial charge in [0, 0.05) is 43.2 Å². The summed E-state index contributed by atoms with van der Waals surface area (Å²) in [7, 11) is 0. The monoisotopic (exact) mass is 396 g/mol. The lowest BCUT2D eigenvalue weighted by Gasteiger charge is -2.35. The Morgan fingerprint density at radius 1 is 1.11 bits per heavy atom. The zero-order valence-electron chi connectivity index (χ0n) is 15.9. The number of rotatable bonds is 3. The van der Waals surface area contributed by atoms with E-state index < -0.39 is 0 Å². The zero-order valence-corrected chi connectivity index (χ0v) is 16.7. The van der Waals surface area contributed by atoms with Crippen LogP contribution in [0.25, 0.3) is 15.9 Å². The summed E-state index contributed by atoms with van der Waals surface area (Å²) in [5.41, 5.74) is 2.85. The molecule has 4 heterocycles. The van der Waals surface area contributed by atoms with E-state index in [0.29, 0.717) is 6.54 Å². The molecule has 0 unspecified atom stereocenters. The predicted molar refractivity (Wildman–Crippen MR) is 110 cm³/mol. The van der Waals surface area contributed by atoms with E-state index in [-0.39, 0.29) is 5.82 Å². The van der Waals surface area contributed by atoms with Crippen molar-refractivity contribution in [1.82, 2.24) is 24.5 Å². The van der Waals surface area contributed by atoms with Crippen molar-refractivity contribution >= 4 is 33.1 Å². The fourth-order valence-electron chi connectivity index (χ4n) is 3.83. The van der Waals surface area contributed by atoms with E-state index in [9.17, 15) is 4.39 Å². The average molecular weight is 396 g/mol. The van der Waals surface area contributed by atoms with E-state index in [4.69, 9.17) is 4.98 Å². The van der Waals surface area contributed by atoms with Gasteiger partial charge in [-0.2, -0.15) is 9.61 Å². The first-order valence-corrected chi connectivity index (χ1v) is 10.2. The third-order valence-corrected chi connectivity index (χ3v) is 6.64. The third kappa shape index (κ3) is 2.84. The molecule has 6 nitrogen and oxygen atoms in total. The molecule has 0 spiro atoms. The average Bonchev–Trinajstić information content (AvgIpc) is 3.28. The molecule has 4 aromatic rings. The molecule has 5 rings (SSSR count). The highest BCUT2D eigenvalue weighted by Gasteiger charge is 2.23. The van der Waals surface area contributed by atoms with Crippen LogP contribution in [0, 0.1) is 19.7 Å². The predicted octanol–water partition coefficient (Wildman–Crippen LogP) is 3.42. The van der Waals surface area contributed by atoms with E-state index in [2.05, 4.69) is 33.7 Å². The van der Waals surface area contributed by atoms with Gasteiger partial charge in [0.05, 0.1) is 5.39 Å². The van der Waals surface area contributed by atoms with Gasteiger partial charge in [0.2, 0.25) is 5.95 Å². The van der Waals surface area contributed by atoms with Gasteiger partial charge < -0.3 is 4.90 Å². The lowest BCUT2D eigenvalue weighted by atomic mass is 10.2. The third-order valence-electron chi connectivity index (χ3n) is 5.54. The summed E-state index contributed by atoms with van der Waals surface area (Å²) in [6.07, 6.45) is 1.60. The van der Waals surface area contributed by atoms with Crippen molar-refractivity contribution in [3.05, 3.63) is 52.4 Å². The number of hydrogen-bond acceptors (Lipinski definition) is 6. The molecular formula is C20H21FN6S. The molecular weight excluding hydrogens is 375 g/mol. The molecule has 0 radical (unpaired) electrons. The largest absolute Gasteiger partial charge is 0.338 e. The van der Waals surface area contributed by atoms with Gasteiger partial charge in [-0.3, -0.25) is 4.90 Å². The van der Waals surface area contributed by atoms with Gasteiger partial charge in [0.1, 0.15) is 17.0 Å². The molecule has 144 valence electrons. The lowest BCUT2D eigenvalue weighted by molar-refractivity contribution is 0.245. The normalized spacial score (nSPS) is 15.8. The maximum atomic E-state index is 13.9. The first-order valence-electron chi connectivity index (χ1n) is 9.42. The Balaban J connectivity index is 1.41. The Bertz CT molecular complexity index is 1160. The minimum Gasteiger partial charge on any atom is -0.338 e. The van der Waals surface area contributed by atoms with Gasteiger partial charge in [-0.15, -0.1) is 11.3 Å². The van der Waals surface area contributed by atoms with Crippen LogP contribution in [0.1, 0.15) is 16.0 Å². The number of hydrogen-bond donors (Lipinski definition) is 0. The molecule has 0 saturated carbocycles. The highest BCUT2D eigenvalue weighted by molar-refractivity contribution is 7.18. The summed E-state index contributed by atoms with van der Waals surface area (Å²) >= 11 is 1.71. The summed E-state index contributed by atoms with van der Waals surface area (Å²) in [4.78, 5) is 16.2. The standard InChI is InChI=1S/C20H21FN6S/c1-13-14(2)28-19-17(13)18-22-12-23-27(18)20(24-19)26-9-7-25(8-10-26)11-15-5-3-4-6-16(15)21/h3-6,12H,7-11H2,1-2H3.